The molecule has 25 heavy (non-hydrogen) atoms. The standard InChI is InChI=1S/C17H28N2O5S/c1-16(2,3)24-15(21)19-11(6-7-18)13-14(23-17(4,5)22-13)12(19)10-25-9-8-20/h11-14,20H,6,8-10H2,1-5H3/t11-,12+,13-,14+/m0/s1. The number of rotatable bonds is 5. The van der Waals surface area contributed by atoms with Gasteiger partial charge in [-0.15, -0.1) is 0 Å². The van der Waals surface area contributed by atoms with E-state index in [0.717, 1.165) is 0 Å². The highest BCUT2D eigenvalue weighted by atomic mass is 32.2. The minimum Gasteiger partial charge on any atom is -0.444 e. The number of nitrogens with zero attached hydrogens (tertiary/aromatic N) is 2. The molecule has 0 radical (unpaired) electrons. The molecule has 2 rings (SSSR count). The Morgan fingerprint density at radius 3 is 2.44 bits per heavy atom. The van der Waals surface area contributed by atoms with Crippen LogP contribution >= 0.6 is 11.8 Å². The number of carbonyl (C=O) groups excluding carboxylic acids is 1. The van der Waals surface area contributed by atoms with Crippen molar-refractivity contribution in [1.82, 2.24) is 4.90 Å². The van der Waals surface area contributed by atoms with Crippen LogP contribution in [0.1, 0.15) is 41.0 Å². The summed E-state index contributed by atoms with van der Waals surface area (Å²) in [6, 6.07) is 1.48. The van der Waals surface area contributed by atoms with Crippen LogP contribution in [0.15, 0.2) is 0 Å². The maximum Gasteiger partial charge on any atom is 0.411 e. The van der Waals surface area contributed by atoms with Crippen molar-refractivity contribution in [3.8, 4) is 6.07 Å². The number of likely N-dealkylation sites (tertiary alicyclic amines) is 1. The van der Waals surface area contributed by atoms with Gasteiger partial charge < -0.3 is 19.3 Å². The molecule has 4 atom stereocenters. The molecule has 2 heterocycles. The van der Waals surface area contributed by atoms with Crippen LogP contribution in [0.2, 0.25) is 0 Å². The van der Waals surface area contributed by atoms with Gasteiger partial charge in [-0.1, -0.05) is 0 Å². The largest absolute Gasteiger partial charge is 0.444 e. The van der Waals surface area contributed by atoms with Crippen molar-refractivity contribution in [1.29, 1.82) is 5.26 Å². The van der Waals surface area contributed by atoms with E-state index in [1.165, 1.54) is 0 Å². The van der Waals surface area contributed by atoms with Gasteiger partial charge in [-0.2, -0.15) is 17.0 Å². The van der Waals surface area contributed by atoms with Gasteiger partial charge in [-0.05, 0) is 34.6 Å². The molecule has 0 aliphatic carbocycles. The molecule has 7 nitrogen and oxygen atoms in total. The van der Waals surface area contributed by atoms with E-state index in [0.29, 0.717) is 11.5 Å². The summed E-state index contributed by atoms with van der Waals surface area (Å²) >= 11 is 1.54. The van der Waals surface area contributed by atoms with Crippen LogP contribution in [0, 0.1) is 11.3 Å². The molecule has 1 N–H and O–H groups in total. The van der Waals surface area contributed by atoms with Gasteiger partial charge in [0.1, 0.15) is 17.8 Å². The molecule has 0 saturated carbocycles. The van der Waals surface area contributed by atoms with Gasteiger partial charge in [-0.3, -0.25) is 4.90 Å². The van der Waals surface area contributed by atoms with E-state index >= 15 is 0 Å². The monoisotopic (exact) mass is 372 g/mol. The summed E-state index contributed by atoms with van der Waals surface area (Å²) < 4.78 is 17.6. The number of carbonyl (C=O) groups is 1. The van der Waals surface area contributed by atoms with Crippen molar-refractivity contribution >= 4 is 17.9 Å². The van der Waals surface area contributed by atoms with E-state index in [1.54, 1.807) is 16.7 Å². The first-order valence-corrected chi connectivity index (χ1v) is 9.67. The zero-order chi connectivity index (χ0) is 18.8. The summed E-state index contributed by atoms with van der Waals surface area (Å²) in [6.45, 7) is 9.18. The van der Waals surface area contributed by atoms with Crippen LogP contribution in [0.3, 0.4) is 0 Å². The van der Waals surface area contributed by atoms with Gasteiger partial charge in [0.05, 0.1) is 31.2 Å². The van der Waals surface area contributed by atoms with Gasteiger partial charge in [0, 0.05) is 11.5 Å². The Morgan fingerprint density at radius 1 is 1.32 bits per heavy atom. The fourth-order valence-corrected chi connectivity index (χ4v) is 4.20. The molecule has 2 fully saturated rings. The number of aliphatic hydroxyl groups excluding tert-OH is 1. The topological polar surface area (TPSA) is 92.0 Å². The number of fused-ring (bicyclic) bond motifs is 1. The quantitative estimate of drug-likeness (QED) is 0.739. The van der Waals surface area contributed by atoms with Gasteiger partial charge in [0.2, 0.25) is 0 Å². The summed E-state index contributed by atoms with van der Waals surface area (Å²) in [4.78, 5) is 14.4. The van der Waals surface area contributed by atoms with Crippen LogP contribution in [-0.4, -0.2) is 69.9 Å². The summed E-state index contributed by atoms with van der Waals surface area (Å²) in [5, 5.41) is 18.3. The number of hydrogen-bond donors (Lipinski definition) is 1. The van der Waals surface area contributed by atoms with Crippen molar-refractivity contribution in [3.05, 3.63) is 0 Å². The fraction of sp³-hybridized carbons (Fsp3) is 0.882. The van der Waals surface area contributed by atoms with Crippen LogP contribution in [0.5, 0.6) is 0 Å². The summed E-state index contributed by atoms with van der Waals surface area (Å²) in [6.07, 6.45) is -0.975. The Morgan fingerprint density at radius 2 is 1.92 bits per heavy atom. The lowest BCUT2D eigenvalue weighted by molar-refractivity contribution is -0.165. The van der Waals surface area contributed by atoms with Crippen LogP contribution in [-0.2, 0) is 14.2 Å². The van der Waals surface area contributed by atoms with Crippen LogP contribution < -0.4 is 0 Å². The van der Waals surface area contributed by atoms with Crippen molar-refractivity contribution in [2.75, 3.05) is 18.1 Å². The molecule has 2 saturated heterocycles. The summed E-state index contributed by atoms with van der Waals surface area (Å²) in [7, 11) is 0. The Kier molecular flexibility index (Phi) is 6.26. The summed E-state index contributed by atoms with van der Waals surface area (Å²) in [5.74, 6) is 0.411. The number of ether oxygens (including phenoxy) is 3. The molecule has 142 valence electrons. The predicted octanol–water partition coefficient (Wildman–Crippen LogP) is 2.13. The zero-order valence-corrected chi connectivity index (χ0v) is 16.3. The smallest absolute Gasteiger partial charge is 0.411 e. The Labute approximate surface area is 153 Å². The van der Waals surface area contributed by atoms with E-state index in [1.807, 2.05) is 34.6 Å². The second kappa shape index (κ2) is 7.70. The number of aliphatic hydroxyl groups is 1. The van der Waals surface area contributed by atoms with Crippen LogP contribution in [0.25, 0.3) is 0 Å². The van der Waals surface area contributed by atoms with Crippen molar-refractivity contribution in [3.63, 3.8) is 0 Å². The van der Waals surface area contributed by atoms with Crippen molar-refractivity contribution in [2.24, 2.45) is 0 Å². The van der Waals surface area contributed by atoms with Gasteiger partial charge in [-0.25, -0.2) is 4.79 Å². The van der Waals surface area contributed by atoms with Gasteiger partial charge >= 0.3 is 6.09 Å². The highest BCUT2D eigenvalue weighted by molar-refractivity contribution is 7.99. The Bertz CT molecular complexity index is 528. The molecule has 0 spiro atoms. The van der Waals surface area contributed by atoms with E-state index in [9.17, 15) is 10.1 Å². The first-order valence-electron chi connectivity index (χ1n) is 8.52. The summed E-state index contributed by atoms with van der Waals surface area (Å²) in [5.41, 5.74) is -0.629. The molecular formula is C17H28N2O5S. The molecule has 0 aromatic heterocycles. The normalized spacial score (nSPS) is 30.8. The molecule has 0 unspecified atom stereocenters. The highest BCUT2D eigenvalue weighted by Gasteiger charge is 2.59. The second-order valence-electron chi connectivity index (χ2n) is 7.75. The lowest BCUT2D eigenvalue weighted by Crippen LogP contribution is -2.49. The molecule has 0 aromatic carbocycles. The van der Waals surface area contributed by atoms with Crippen molar-refractivity contribution < 1.29 is 24.1 Å². The van der Waals surface area contributed by atoms with E-state index < -0.39 is 23.5 Å². The maximum atomic E-state index is 12.8. The number of thioether (sulfide) groups is 1. The van der Waals surface area contributed by atoms with E-state index in [2.05, 4.69) is 6.07 Å². The van der Waals surface area contributed by atoms with E-state index in [4.69, 9.17) is 19.3 Å². The average molecular weight is 372 g/mol. The first kappa shape index (κ1) is 20.3. The number of hydrogen-bond acceptors (Lipinski definition) is 7. The molecule has 0 aromatic rings. The Balaban J connectivity index is 2.27. The van der Waals surface area contributed by atoms with E-state index in [-0.39, 0.29) is 31.3 Å². The molecule has 2 aliphatic rings. The molecule has 2 aliphatic heterocycles. The minimum absolute atomic E-state index is 0.0718. The van der Waals surface area contributed by atoms with Gasteiger partial charge in [0.25, 0.3) is 0 Å². The molecule has 0 bridgehead atoms. The van der Waals surface area contributed by atoms with Crippen molar-refractivity contribution in [2.45, 2.75) is 76.7 Å². The predicted molar refractivity (Wildman–Crippen MR) is 94.1 cm³/mol. The minimum atomic E-state index is -0.747. The lowest BCUT2D eigenvalue weighted by atomic mass is 10.1. The third kappa shape index (κ3) is 4.79. The van der Waals surface area contributed by atoms with Gasteiger partial charge in [0.15, 0.2) is 5.79 Å². The molecule has 1 amide bonds. The molecule has 8 heteroatoms. The molecular weight excluding hydrogens is 344 g/mol. The third-order valence-electron chi connectivity index (χ3n) is 4.07. The third-order valence-corrected chi connectivity index (χ3v) is 5.11. The number of amides is 1. The lowest BCUT2D eigenvalue weighted by Gasteiger charge is -2.34. The Hall–Kier alpha value is -1.01. The second-order valence-corrected chi connectivity index (χ2v) is 8.90. The number of nitriles is 1. The maximum absolute atomic E-state index is 12.8. The zero-order valence-electron chi connectivity index (χ0n) is 15.5. The SMILES string of the molecule is CC(C)(C)OC(=O)N1[C@H](CSCCO)[C@H]2OC(C)(C)O[C@H]2[C@@H]1CC#N. The first-order chi connectivity index (χ1) is 11.6. The fourth-order valence-electron chi connectivity index (χ4n) is 3.31. The van der Waals surface area contributed by atoms with Crippen LogP contribution in [0.4, 0.5) is 4.79 Å². The highest BCUT2D eigenvalue weighted by Crippen LogP contribution is 2.42. The average Bonchev–Trinajstić information content (AvgIpc) is 2.90.